The maximum absolute atomic E-state index is 12.5. The van der Waals surface area contributed by atoms with Crippen LogP contribution in [-0.2, 0) is 6.18 Å². The molecule has 2 nitrogen and oxygen atoms in total. The molecule has 15 heavy (non-hydrogen) atoms. The van der Waals surface area contributed by atoms with Crippen LogP contribution < -0.4 is 11.1 Å². The standard InChI is InChI=1S/C8H6ClF3N2S/c9-4-1-2-5(8(10,11)12)6(3-4)14-7(13)15/h1-3H,(H3,13,14,15). The average molecular weight is 255 g/mol. The number of halogens is 4. The Kier molecular flexibility index (Phi) is 3.41. The molecule has 82 valence electrons. The maximum atomic E-state index is 12.5. The highest BCUT2D eigenvalue weighted by Crippen LogP contribution is 2.36. The van der Waals surface area contributed by atoms with Crippen LogP contribution in [0, 0.1) is 0 Å². The van der Waals surface area contributed by atoms with Crippen LogP contribution in [0.3, 0.4) is 0 Å². The third kappa shape index (κ3) is 3.24. The SMILES string of the molecule is NC(=S)Nc1cc(Cl)ccc1C(F)(F)F. The quantitative estimate of drug-likeness (QED) is 0.757. The highest BCUT2D eigenvalue weighted by atomic mass is 35.5. The molecule has 0 aliphatic rings. The first kappa shape index (κ1) is 12.1. The highest BCUT2D eigenvalue weighted by Gasteiger charge is 2.33. The van der Waals surface area contributed by atoms with Crippen molar-refractivity contribution in [2.45, 2.75) is 6.18 Å². The van der Waals surface area contributed by atoms with E-state index in [1.165, 1.54) is 0 Å². The Hall–Kier alpha value is -1.01. The molecular weight excluding hydrogens is 249 g/mol. The summed E-state index contributed by atoms with van der Waals surface area (Å²) in [6, 6.07) is 3.13. The predicted molar refractivity (Wildman–Crippen MR) is 56.9 cm³/mol. The van der Waals surface area contributed by atoms with Crippen LogP contribution in [0.2, 0.25) is 5.02 Å². The Morgan fingerprint density at radius 2 is 2.00 bits per heavy atom. The molecule has 0 aromatic heterocycles. The summed E-state index contributed by atoms with van der Waals surface area (Å²) >= 11 is 10.0. The van der Waals surface area contributed by atoms with Gasteiger partial charge in [-0.25, -0.2) is 0 Å². The number of rotatable bonds is 1. The van der Waals surface area contributed by atoms with E-state index in [0.717, 1.165) is 18.2 Å². The molecule has 0 heterocycles. The second-order valence-corrected chi connectivity index (χ2v) is 3.55. The highest BCUT2D eigenvalue weighted by molar-refractivity contribution is 7.80. The molecular formula is C8H6ClF3N2S. The summed E-state index contributed by atoms with van der Waals surface area (Å²) in [4.78, 5) is 0. The van der Waals surface area contributed by atoms with E-state index in [1.807, 2.05) is 0 Å². The van der Waals surface area contributed by atoms with Crippen molar-refractivity contribution in [1.29, 1.82) is 0 Å². The van der Waals surface area contributed by atoms with Crippen molar-refractivity contribution in [3.05, 3.63) is 28.8 Å². The maximum Gasteiger partial charge on any atom is 0.418 e. The predicted octanol–water partition coefficient (Wildman–Crippen LogP) is 3.01. The minimum absolute atomic E-state index is 0.168. The molecule has 7 heteroatoms. The molecule has 0 amide bonds. The summed E-state index contributed by atoms with van der Waals surface area (Å²) in [6.45, 7) is 0. The molecule has 0 spiro atoms. The van der Waals surface area contributed by atoms with E-state index in [4.69, 9.17) is 17.3 Å². The smallest absolute Gasteiger partial charge is 0.376 e. The van der Waals surface area contributed by atoms with Gasteiger partial charge in [-0.3, -0.25) is 0 Å². The molecule has 1 rings (SSSR count). The Balaban J connectivity index is 3.20. The van der Waals surface area contributed by atoms with Crippen molar-refractivity contribution < 1.29 is 13.2 Å². The molecule has 0 aliphatic heterocycles. The van der Waals surface area contributed by atoms with Gasteiger partial charge in [-0.1, -0.05) is 11.6 Å². The average Bonchev–Trinajstić information content (AvgIpc) is 1.99. The fourth-order valence-corrected chi connectivity index (χ4v) is 1.28. The van der Waals surface area contributed by atoms with Gasteiger partial charge in [0, 0.05) is 5.02 Å². The summed E-state index contributed by atoms with van der Waals surface area (Å²) < 4.78 is 37.4. The number of nitrogens with two attached hydrogens (primary N) is 1. The van der Waals surface area contributed by atoms with Gasteiger partial charge >= 0.3 is 6.18 Å². The molecule has 0 aliphatic carbocycles. The molecule has 1 aromatic carbocycles. The zero-order valence-corrected chi connectivity index (χ0v) is 8.80. The molecule has 0 fully saturated rings. The van der Waals surface area contributed by atoms with Crippen LogP contribution >= 0.6 is 23.8 Å². The topological polar surface area (TPSA) is 38.0 Å². The third-order valence-electron chi connectivity index (χ3n) is 1.54. The lowest BCUT2D eigenvalue weighted by Crippen LogP contribution is -2.21. The van der Waals surface area contributed by atoms with E-state index in [-0.39, 0.29) is 15.8 Å². The van der Waals surface area contributed by atoms with Gasteiger partial charge in [-0.05, 0) is 30.4 Å². The lowest BCUT2D eigenvalue weighted by Gasteiger charge is -2.13. The van der Waals surface area contributed by atoms with Crippen LogP contribution in [0.5, 0.6) is 0 Å². The van der Waals surface area contributed by atoms with Crippen molar-refractivity contribution >= 4 is 34.6 Å². The molecule has 0 radical (unpaired) electrons. The number of benzene rings is 1. The second kappa shape index (κ2) is 4.24. The largest absolute Gasteiger partial charge is 0.418 e. The van der Waals surface area contributed by atoms with Gasteiger partial charge in [0.25, 0.3) is 0 Å². The van der Waals surface area contributed by atoms with Crippen LogP contribution in [0.15, 0.2) is 18.2 Å². The van der Waals surface area contributed by atoms with Gasteiger partial charge in [0.1, 0.15) is 0 Å². The fraction of sp³-hybridized carbons (Fsp3) is 0.125. The minimum atomic E-state index is -4.47. The molecule has 0 saturated carbocycles. The van der Waals surface area contributed by atoms with Crippen molar-refractivity contribution in [3.8, 4) is 0 Å². The summed E-state index contributed by atoms with van der Waals surface area (Å²) in [5.41, 5.74) is 3.99. The molecule has 0 unspecified atom stereocenters. The Morgan fingerprint density at radius 3 is 2.47 bits per heavy atom. The fourth-order valence-electron chi connectivity index (χ4n) is 1.000. The first-order valence-electron chi connectivity index (χ1n) is 3.74. The van der Waals surface area contributed by atoms with E-state index >= 15 is 0 Å². The zero-order valence-electron chi connectivity index (χ0n) is 7.23. The summed E-state index contributed by atoms with van der Waals surface area (Å²) in [7, 11) is 0. The van der Waals surface area contributed by atoms with Crippen molar-refractivity contribution in [2.75, 3.05) is 5.32 Å². The van der Waals surface area contributed by atoms with Crippen LogP contribution in [-0.4, -0.2) is 5.11 Å². The van der Waals surface area contributed by atoms with Gasteiger partial charge in [0.15, 0.2) is 5.11 Å². The van der Waals surface area contributed by atoms with Gasteiger partial charge in [0.2, 0.25) is 0 Å². The van der Waals surface area contributed by atoms with E-state index in [1.54, 1.807) is 0 Å². The number of anilines is 1. The lowest BCUT2D eigenvalue weighted by molar-refractivity contribution is -0.136. The van der Waals surface area contributed by atoms with Crippen LogP contribution in [0.4, 0.5) is 18.9 Å². The van der Waals surface area contributed by atoms with Gasteiger partial charge in [-0.2, -0.15) is 13.2 Å². The molecule has 0 saturated heterocycles. The minimum Gasteiger partial charge on any atom is -0.376 e. The number of hydrogen-bond acceptors (Lipinski definition) is 1. The number of hydrogen-bond donors (Lipinski definition) is 2. The number of nitrogens with one attached hydrogen (secondary N) is 1. The first-order valence-corrected chi connectivity index (χ1v) is 4.52. The molecule has 0 bridgehead atoms. The van der Waals surface area contributed by atoms with E-state index < -0.39 is 11.7 Å². The van der Waals surface area contributed by atoms with Crippen molar-refractivity contribution in [2.24, 2.45) is 5.73 Å². The zero-order chi connectivity index (χ0) is 11.6. The molecule has 3 N–H and O–H groups in total. The molecule has 0 atom stereocenters. The van der Waals surface area contributed by atoms with E-state index in [9.17, 15) is 13.2 Å². The number of alkyl halides is 3. The summed E-state index contributed by atoms with van der Waals surface area (Å²) in [5, 5.41) is 2.15. The lowest BCUT2D eigenvalue weighted by atomic mass is 10.1. The second-order valence-electron chi connectivity index (χ2n) is 2.68. The Morgan fingerprint density at radius 1 is 1.40 bits per heavy atom. The van der Waals surface area contributed by atoms with Crippen LogP contribution in [0.25, 0.3) is 0 Å². The first-order chi connectivity index (χ1) is 6.80. The van der Waals surface area contributed by atoms with Crippen LogP contribution in [0.1, 0.15) is 5.56 Å². The summed E-state index contributed by atoms with van der Waals surface area (Å²) in [5.74, 6) is 0. The van der Waals surface area contributed by atoms with Gasteiger partial charge in [-0.15, -0.1) is 0 Å². The third-order valence-corrected chi connectivity index (χ3v) is 1.88. The summed E-state index contributed by atoms with van der Waals surface area (Å²) in [6.07, 6.45) is -4.47. The van der Waals surface area contributed by atoms with Gasteiger partial charge < -0.3 is 11.1 Å². The van der Waals surface area contributed by atoms with Crippen molar-refractivity contribution in [1.82, 2.24) is 0 Å². The van der Waals surface area contributed by atoms with Gasteiger partial charge in [0.05, 0.1) is 11.3 Å². The monoisotopic (exact) mass is 254 g/mol. The van der Waals surface area contributed by atoms with E-state index in [0.29, 0.717) is 0 Å². The Labute approximate surface area is 94.2 Å². The Bertz CT molecular complexity index is 392. The van der Waals surface area contributed by atoms with E-state index in [2.05, 4.69) is 17.5 Å². The number of thiocarbonyl (C=S) groups is 1. The van der Waals surface area contributed by atoms with Crippen molar-refractivity contribution in [3.63, 3.8) is 0 Å². The normalized spacial score (nSPS) is 11.2. The molecule has 1 aromatic rings.